The number of aliphatic carboxylic acids is 1. The molecule has 1 N–H and O–H groups in total. The van der Waals surface area contributed by atoms with Crippen LogP contribution in [0.3, 0.4) is 0 Å². The molecule has 0 fully saturated rings. The summed E-state index contributed by atoms with van der Waals surface area (Å²) < 4.78 is 0. The average molecular weight is 232 g/mol. The number of hydrogen-bond acceptors (Lipinski definition) is 2. The standard InChI is InChI=1S/C14H16O3/c1-10(2)9-13(15)12-6-3-11(4-7-12)5-8-14(16)17/h3-8,10H,9H2,1-2H3,(H,16,17). The van der Waals surface area contributed by atoms with Crippen LogP contribution in [0.1, 0.15) is 36.2 Å². The van der Waals surface area contributed by atoms with Gasteiger partial charge >= 0.3 is 5.97 Å². The number of carbonyl (C=O) groups excluding carboxylic acids is 1. The first-order valence-electron chi connectivity index (χ1n) is 5.53. The lowest BCUT2D eigenvalue weighted by Crippen LogP contribution is -2.03. The van der Waals surface area contributed by atoms with Gasteiger partial charge in [0.05, 0.1) is 0 Å². The number of Topliss-reactive ketones (excluding diaryl/α,β-unsaturated/α-hetero) is 1. The molecular weight excluding hydrogens is 216 g/mol. The Labute approximate surface area is 101 Å². The van der Waals surface area contributed by atoms with Gasteiger partial charge in [-0.05, 0) is 17.6 Å². The van der Waals surface area contributed by atoms with Gasteiger partial charge < -0.3 is 5.11 Å². The van der Waals surface area contributed by atoms with Crippen LogP contribution in [-0.2, 0) is 4.79 Å². The van der Waals surface area contributed by atoms with E-state index in [1.807, 2.05) is 13.8 Å². The van der Waals surface area contributed by atoms with E-state index in [-0.39, 0.29) is 5.78 Å². The molecule has 0 bridgehead atoms. The van der Waals surface area contributed by atoms with E-state index in [1.165, 1.54) is 6.08 Å². The number of carboxylic acids is 1. The normalized spacial score (nSPS) is 11.0. The summed E-state index contributed by atoms with van der Waals surface area (Å²) in [5, 5.41) is 8.48. The Kier molecular flexibility index (Phi) is 4.64. The molecule has 0 atom stereocenters. The Balaban J connectivity index is 2.74. The van der Waals surface area contributed by atoms with Crippen LogP contribution in [-0.4, -0.2) is 16.9 Å². The maximum atomic E-state index is 11.7. The van der Waals surface area contributed by atoms with Crippen molar-refractivity contribution in [2.24, 2.45) is 5.92 Å². The Morgan fingerprint density at radius 3 is 2.29 bits per heavy atom. The molecule has 3 heteroatoms. The molecule has 1 aromatic carbocycles. The number of benzene rings is 1. The molecular formula is C14H16O3. The zero-order valence-electron chi connectivity index (χ0n) is 10.0. The van der Waals surface area contributed by atoms with Crippen molar-refractivity contribution in [3.63, 3.8) is 0 Å². The summed E-state index contributed by atoms with van der Waals surface area (Å²) >= 11 is 0. The van der Waals surface area contributed by atoms with Crippen molar-refractivity contribution in [2.45, 2.75) is 20.3 Å². The molecule has 17 heavy (non-hydrogen) atoms. The summed E-state index contributed by atoms with van der Waals surface area (Å²) in [7, 11) is 0. The van der Waals surface area contributed by atoms with Gasteiger partial charge in [-0.15, -0.1) is 0 Å². The van der Waals surface area contributed by atoms with Crippen LogP contribution in [0.4, 0.5) is 0 Å². The van der Waals surface area contributed by atoms with E-state index in [2.05, 4.69) is 0 Å². The molecule has 0 aliphatic carbocycles. The molecule has 0 aromatic heterocycles. The first-order chi connectivity index (χ1) is 7.99. The predicted molar refractivity (Wildman–Crippen MR) is 66.9 cm³/mol. The minimum atomic E-state index is -0.982. The highest BCUT2D eigenvalue weighted by Crippen LogP contribution is 2.11. The second-order valence-electron chi connectivity index (χ2n) is 4.31. The maximum absolute atomic E-state index is 11.7. The Bertz CT molecular complexity index is 427. The molecule has 0 saturated carbocycles. The highest BCUT2D eigenvalue weighted by atomic mass is 16.4. The lowest BCUT2D eigenvalue weighted by molar-refractivity contribution is -0.131. The van der Waals surface area contributed by atoms with Gasteiger partial charge in [-0.1, -0.05) is 38.1 Å². The van der Waals surface area contributed by atoms with Gasteiger partial charge in [-0.2, -0.15) is 0 Å². The van der Waals surface area contributed by atoms with Crippen LogP contribution in [0.2, 0.25) is 0 Å². The highest BCUT2D eigenvalue weighted by Gasteiger charge is 2.07. The van der Waals surface area contributed by atoms with Gasteiger partial charge in [0.1, 0.15) is 0 Å². The Morgan fingerprint density at radius 1 is 1.24 bits per heavy atom. The van der Waals surface area contributed by atoms with Crippen LogP contribution in [0, 0.1) is 5.92 Å². The third kappa shape index (κ3) is 4.64. The maximum Gasteiger partial charge on any atom is 0.328 e. The minimum absolute atomic E-state index is 0.119. The molecule has 0 spiro atoms. The van der Waals surface area contributed by atoms with Crippen molar-refractivity contribution >= 4 is 17.8 Å². The van der Waals surface area contributed by atoms with Crippen molar-refractivity contribution in [3.8, 4) is 0 Å². The van der Waals surface area contributed by atoms with Gasteiger partial charge in [-0.25, -0.2) is 4.79 Å². The summed E-state index contributed by atoms with van der Waals surface area (Å²) in [6, 6.07) is 6.94. The lowest BCUT2D eigenvalue weighted by Gasteiger charge is -2.04. The van der Waals surface area contributed by atoms with E-state index in [1.54, 1.807) is 24.3 Å². The molecule has 90 valence electrons. The van der Waals surface area contributed by atoms with E-state index in [0.717, 1.165) is 11.6 Å². The molecule has 0 aliphatic heterocycles. The van der Waals surface area contributed by atoms with Crippen LogP contribution in [0.5, 0.6) is 0 Å². The fraction of sp³-hybridized carbons (Fsp3) is 0.286. The fourth-order valence-corrected chi connectivity index (χ4v) is 1.44. The third-order valence-electron chi connectivity index (χ3n) is 2.24. The van der Waals surface area contributed by atoms with Crippen LogP contribution < -0.4 is 0 Å². The lowest BCUT2D eigenvalue weighted by atomic mass is 10.0. The average Bonchev–Trinajstić information content (AvgIpc) is 2.26. The number of ketones is 1. The van der Waals surface area contributed by atoms with E-state index in [4.69, 9.17) is 5.11 Å². The molecule has 1 rings (SSSR count). The zero-order valence-corrected chi connectivity index (χ0v) is 10.0. The molecule has 0 unspecified atom stereocenters. The number of hydrogen-bond donors (Lipinski definition) is 1. The largest absolute Gasteiger partial charge is 0.478 e. The number of rotatable bonds is 5. The van der Waals surface area contributed by atoms with E-state index < -0.39 is 5.97 Å². The number of carbonyl (C=O) groups is 2. The number of carboxylic acid groups (broad SMARTS) is 1. The van der Waals surface area contributed by atoms with Gasteiger partial charge in [-0.3, -0.25) is 4.79 Å². The molecule has 3 nitrogen and oxygen atoms in total. The van der Waals surface area contributed by atoms with Gasteiger partial charge in [0, 0.05) is 18.1 Å². The molecule has 1 aromatic rings. The van der Waals surface area contributed by atoms with E-state index in [0.29, 0.717) is 17.9 Å². The van der Waals surface area contributed by atoms with Gasteiger partial charge in [0.15, 0.2) is 5.78 Å². The van der Waals surface area contributed by atoms with Crippen molar-refractivity contribution in [1.82, 2.24) is 0 Å². The van der Waals surface area contributed by atoms with Crippen LogP contribution in [0.15, 0.2) is 30.3 Å². The molecule has 0 radical (unpaired) electrons. The van der Waals surface area contributed by atoms with E-state index >= 15 is 0 Å². The zero-order chi connectivity index (χ0) is 12.8. The van der Waals surface area contributed by atoms with E-state index in [9.17, 15) is 9.59 Å². The quantitative estimate of drug-likeness (QED) is 0.627. The van der Waals surface area contributed by atoms with Gasteiger partial charge in [0.25, 0.3) is 0 Å². The summed E-state index contributed by atoms with van der Waals surface area (Å²) in [4.78, 5) is 22.0. The molecule has 0 heterocycles. The topological polar surface area (TPSA) is 54.4 Å². The Hall–Kier alpha value is -1.90. The molecule has 0 saturated heterocycles. The summed E-state index contributed by atoms with van der Waals surface area (Å²) in [5.41, 5.74) is 1.44. The first kappa shape index (κ1) is 13.2. The predicted octanol–water partition coefficient (Wildman–Crippen LogP) is 3.01. The second kappa shape index (κ2) is 5.99. The molecule has 0 amide bonds. The summed E-state index contributed by atoms with van der Waals surface area (Å²) in [5.74, 6) is -0.521. The molecule has 0 aliphatic rings. The summed E-state index contributed by atoms with van der Waals surface area (Å²) in [6.45, 7) is 4.00. The fourth-order valence-electron chi connectivity index (χ4n) is 1.44. The second-order valence-corrected chi connectivity index (χ2v) is 4.31. The highest BCUT2D eigenvalue weighted by molar-refractivity contribution is 5.96. The van der Waals surface area contributed by atoms with Crippen LogP contribution >= 0.6 is 0 Å². The minimum Gasteiger partial charge on any atom is -0.478 e. The van der Waals surface area contributed by atoms with Crippen LogP contribution in [0.25, 0.3) is 6.08 Å². The van der Waals surface area contributed by atoms with Crippen molar-refractivity contribution < 1.29 is 14.7 Å². The first-order valence-corrected chi connectivity index (χ1v) is 5.53. The smallest absolute Gasteiger partial charge is 0.328 e. The van der Waals surface area contributed by atoms with Crippen molar-refractivity contribution in [1.29, 1.82) is 0 Å². The SMILES string of the molecule is CC(C)CC(=O)c1ccc(C=CC(=O)O)cc1. The third-order valence-corrected chi connectivity index (χ3v) is 2.24. The van der Waals surface area contributed by atoms with Gasteiger partial charge in [0.2, 0.25) is 0 Å². The van der Waals surface area contributed by atoms with Crippen molar-refractivity contribution in [3.05, 3.63) is 41.5 Å². The van der Waals surface area contributed by atoms with Crippen molar-refractivity contribution in [2.75, 3.05) is 0 Å². The Morgan fingerprint density at radius 2 is 1.82 bits per heavy atom. The monoisotopic (exact) mass is 232 g/mol. The summed E-state index contributed by atoms with van der Waals surface area (Å²) in [6.07, 6.45) is 3.11.